The molecule has 0 unspecified atom stereocenters. The molecular weight excluding hydrogens is 230 g/mol. The van der Waals surface area contributed by atoms with Crippen LogP contribution in [-0.2, 0) is 0 Å². The van der Waals surface area contributed by atoms with Gasteiger partial charge in [-0.1, -0.05) is 13.8 Å². The van der Waals surface area contributed by atoms with Gasteiger partial charge in [-0.3, -0.25) is 0 Å². The Morgan fingerprint density at radius 1 is 1.18 bits per heavy atom. The molecule has 0 radical (unpaired) electrons. The number of nitrogen functional groups attached to an aromatic ring is 2. The number of anilines is 4. The van der Waals surface area contributed by atoms with Gasteiger partial charge in [0.15, 0.2) is 11.6 Å². The van der Waals surface area contributed by atoms with Crippen LogP contribution in [0.15, 0.2) is 0 Å². The predicted molar refractivity (Wildman–Crippen MR) is 66.2 cm³/mol. The summed E-state index contributed by atoms with van der Waals surface area (Å²) in [5, 5.41) is 5.06. The van der Waals surface area contributed by atoms with Gasteiger partial charge in [-0.2, -0.15) is 9.97 Å². The normalized spacial score (nSPS) is 9.53. The molecule has 1 aromatic heterocycles. The Labute approximate surface area is 98.8 Å². The van der Waals surface area contributed by atoms with Gasteiger partial charge in [0.1, 0.15) is 5.69 Å². The molecule has 1 heterocycles. The Kier molecular flexibility index (Phi) is 6.61. The monoisotopic (exact) mass is 248 g/mol. The summed E-state index contributed by atoms with van der Waals surface area (Å²) in [7, 11) is 1.59. The van der Waals surface area contributed by atoms with Crippen molar-refractivity contribution in [3.05, 3.63) is 0 Å². The maximum absolute atomic E-state index is 11.9. The van der Waals surface area contributed by atoms with Gasteiger partial charge in [-0.05, 0) is 0 Å². The molecule has 0 aliphatic rings. The minimum absolute atomic E-state index is 0.0367. The zero-order chi connectivity index (χ0) is 13.4. The standard InChI is InChI=1S/C7H12F2N6.C2H6/c1-12-5-4(10)6(13-2-3(8)9)15-7(11)14-5;1-2/h3H,2,10H2,1H3,(H4,11,12,13,14,15);1-2H3. The molecule has 0 saturated heterocycles. The fourth-order valence-electron chi connectivity index (χ4n) is 0.986. The van der Waals surface area contributed by atoms with E-state index in [4.69, 9.17) is 11.5 Å². The second kappa shape index (κ2) is 7.42. The summed E-state index contributed by atoms with van der Waals surface area (Å²) in [4.78, 5) is 7.49. The summed E-state index contributed by atoms with van der Waals surface area (Å²) >= 11 is 0. The molecule has 0 spiro atoms. The average molecular weight is 248 g/mol. The largest absolute Gasteiger partial charge is 0.393 e. The summed E-state index contributed by atoms with van der Waals surface area (Å²) in [6, 6.07) is 0. The Morgan fingerprint density at radius 2 is 1.71 bits per heavy atom. The minimum atomic E-state index is -2.49. The summed E-state index contributed by atoms with van der Waals surface area (Å²) in [6.45, 7) is 3.46. The molecule has 17 heavy (non-hydrogen) atoms. The van der Waals surface area contributed by atoms with E-state index >= 15 is 0 Å². The van der Waals surface area contributed by atoms with Crippen molar-refractivity contribution in [3.63, 3.8) is 0 Å². The molecule has 0 amide bonds. The number of aromatic nitrogens is 2. The van der Waals surface area contributed by atoms with Crippen molar-refractivity contribution in [1.29, 1.82) is 0 Å². The van der Waals surface area contributed by atoms with Crippen molar-refractivity contribution < 1.29 is 8.78 Å². The summed E-state index contributed by atoms with van der Waals surface area (Å²) in [5.74, 6) is 0.372. The number of alkyl halides is 2. The summed E-state index contributed by atoms with van der Waals surface area (Å²) < 4.78 is 23.9. The summed E-state index contributed by atoms with van der Waals surface area (Å²) in [5.41, 5.74) is 11.1. The maximum Gasteiger partial charge on any atom is 0.255 e. The molecule has 8 heteroatoms. The second-order valence-electron chi connectivity index (χ2n) is 2.71. The number of nitrogens with zero attached hydrogens (tertiary/aromatic N) is 2. The number of hydrogen-bond acceptors (Lipinski definition) is 6. The first-order chi connectivity index (χ1) is 8.04. The Balaban J connectivity index is 0.00000121. The van der Waals surface area contributed by atoms with E-state index in [1.54, 1.807) is 7.05 Å². The smallest absolute Gasteiger partial charge is 0.255 e. The van der Waals surface area contributed by atoms with Gasteiger partial charge in [-0.25, -0.2) is 8.78 Å². The van der Waals surface area contributed by atoms with Gasteiger partial charge >= 0.3 is 0 Å². The van der Waals surface area contributed by atoms with Crippen LogP contribution < -0.4 is 22.1 Å². The molecule has 0 fully saturated rings. The lowest BCUT2D eigenvalue weighted by Crippen LogP contribution is -2.15. The maximum atomic E-state index is 11.9. The zero-order valence-corrected chi connectivity index (χ0v) is 10.1. The molecule has 0 aromatic carbocycles. The number of nitrogens with two attached hydrogens (primary N) is 2. The van der Waals surface area contributed by atoms with Crippen molar-refractivity contribution in [3.8, 4) is 0 Å². The van der Waals surface area contributed by atoms with Gasteiger partial charge in [0, 0.05) is 7.05 Å². The van der Waals surface area contributed by atoms with E-state index in [0.717, 1.165) is 0 Å². The third-order valence-electron chi connectivity index (χ3n) is 1.62. The molecule has 0 aliphatic heterocycles. The SMILES string of the molecule is CC.CNc1nc(N)nc(NCC(F)F)c1N. The molecule has 0 atom stereocenters. The fourth-order valence-corrected chi connectivity index (χ4v) is 0.986. The quantitative estimate of drug-likeness (QED) is 0.642. The van der Waals surface area contributed by atoms with Crippen LogP contribution in [0.4, 0.5) is 32.1 Å². The first-order valence-electron chi connectivity index (χ1n) is 5.17. The highest BCUT2D eigenvalue weighted by atomic mass is 19.3. The van der Waals surface area contributed by atoms with Crippen LogP contribution in [0, 0.1) is 0 Å². The third kappa shape index (κ3) is 4.66. The molecule has 98 valence electrons. The van der Waals surface area contributed by atoms with E-state index in [1.807, 2.05) is 13.8 Å². The van der Waals surface area contributed by atoms with Crippen molar-refractivity contribution >= 4 is 23.3 Å². The van der Waals surface area contributed by atoms with E-state index in [9.17, 15) is 8.78 Å². The van der Waals surface area contributed by atoms with Crippen LogP contribution >= 0.6 is 0 Å². The number of nitrogens with one attached hydrogen (secondary N) is 2. The zero-order valence-electron chi connectivity index (χ0n) is 10.1. The number of halogens is 2. The van der Waals surface area contributed by atoms with Gasteiger partial charge < -0.3 is 22.1 Å². The predicted octanol–water partition coefficient (Wildman–Crippen LogP) is 1.39. The Hall–Kier alpha value is -1.86. The molecule has 0 aliphatic carbocycles. The van der Waals surface area contributed by atoms with Gasteiger partial charge in [0.25, 0.3) is 6.43 Å². The van der Waals surface area contributed by atoms with Crippen LogP contribution in [-0.4, -0.2) is 30.0 Å². The van der Waals surface area contributed by atoms with E-state index in [2.05, 4.69) is 20.6 Å². The molecule has 0 bridgehead atoms. The van der Waals surface area contributed by atoms with Crippen LogP contribution in [0.25, 0.3) is 0 Å². The fraction of sp³-hybridized carbons (Fsp3) is 0.556. The van der Waals surface area contributed by atoms with E-state index in [-0.39, 0.29) is 17.5 Å². The van der Waals surface area contributed by atoms with Crippen molar-refractivity contribution in [2.24, 2.45) is 0 Å². The van der Waals surface area contributed by atoms with E-state index < -0.39 is 13.0 Å². The molecule has 1 rings (SSSR count). The van der Waals surface area contributed by atoms with Crippen LogP contribution in [0.5, 0.6) is 0 Å². The van der Waals surface area contributed by atoms with Gasteiger partial charge in [0.2, 0.25) is 5.95 Å². The number of hydrogen-bond donors (Lipinski definition) is 4. The molecule has 0 saturated carbocycles. The topological polar surface area (TPSA) is 102 Å². The lowest BCUT2D eigenvalue weighted by atomic mass is 10.4. The molecule has 6 N–H and O–H groups in total. The van der Waals surface area contributed by atoms with E-state index in [0.29, 0.717) is 5.82 Å². The third-order valence-corrected chi connectivity index (χ3v) is 1.62. The first-order valence-corrected chi connectivity index (χ1v) is 5.17. The molecule has 1 aromatic rings. The Bertz CT molecular complexity index is 345. The van der Waals surface area contributed by atoms with Crippen molar-refractivity contribution in [1.82, 2.24) is 9.97 Å². The Morgan fingerprint density at radius 3 is 2.18 bits per heavy atom. The lowest BCUT2D eigenvalue weighted by molar-refractivity contribution is 0.163. The second-order valence-corrected chi connectivity index (χ2v) is 2.71. The van der Waals surface area contributed by atoms with Crippen LogP contribution in [0.3, 0.4) is 0 Å². The minimum Gasteiger partial charge on any atom is -0.393 e. The van der Waals surface area contributed by atoms with Crippen LogP contribution in [0.1, 0.15) is 13.8 Å². The van der Waals surface area contributed by atoms with Gasteiger partial charge in [0.05, 0.1) is 6.54 Å². The van der Waals surface area contributed by atoms with Crippen LogP contribution in [0.2, 0.25) is 0 Å². The highest BCUT2D eigenvalue weighted by molar-refractivity contribution is 5.75. The summed E-state index contributed by atoms with van der Waals surface area (Å²) in [6.07, 6.45) is -2.49. The highest BCUT2D eigenvalue weighted by Crippen LogP contribution is 2.24. The van der Waals surface area contributed by atoms with Gasteiger partial charge in [-0.15, -0.1) is 0 Å². The van der Waals surface area contributed by atoms with E-state index in [1.165, 1.54) is 0 Å². The molecular formula is C9H18F2N6. The average Bonchev–Trinajstić information content (AvgIpc) is 2.32. The van der Waals surface area contributed by atoms with Crippen molar-refractivity contribution in [2.75, 3.05) is 35.7 Å². The van der Waals surface area contributed by atoms with Crippen molar-refractivity contribution in [2.45, 2.75) is 20.3 Å². The highest BCUT2D eigenvalue weighted by Gasteiger charge is 2.10. The first kappa shape index (κ1) is 15.1. The lowest BCUT2D eigenvalue weighted by Gasteiger charge is -2.11. The number of rotatable bonds is 4. The molecule has 6 nitrogen and oxygen atoms in total.